The predicted molar refractivity (Wildman–Crippen MR) is 152 cm³/mol. The Morgan fingerprint density at radius 2 is 1.77 bits per heavy atom. The van der Waals surface area contributed by atoms with E-state index in [0.717, 1.165) is 25.7 Å². The zero-order chi connectivity index (χ0) is 28.1. The number of carbonyl (C=O) groups excluding carboxylic acids is 3. The number of anilines is 1. The number of para-hydroxylation sites is 2. The molecule has 5 rings (SSSR count). The predicted octanol–water partition coefficient (Wildman–Crippen LogP) is 4.87. The van der Waals surface area contributed by atoms with Gasteiger partial charge in [0.15, 0.2) is 5.78 Å². The van der Waals surface area contributed by atoms with Crippen LogP contribution in [0, 0.1) is 0 Å². The molecular weight excluding hydrogens is 506 g/mol. The first-order chi connectivity index (χ1) is 19.5. The number of carbonyl (C=O) groups is 3. The number of nitrogens with one attached hydrogen (secondary N) is 1. The van der Waals surface area contributed by atoms with Crippen molar-refractivity contribution in [3.8, 4) is 5.75 Å². The molecule has 0 spiro atoms. The van der Waals surface area contributed by atoms with Crippen molar-refractivity contribution < 1.29 is 19.1 Å². The van der Waals surface area contributed by atoms with Gasteiger partial charge < -0.3 is 10.1 Å². The molecule has 3 aromatic carbocycles. The number of ether oxygens (including phenoxy) is 1. The summed E-state index contributed by atoms with van der Waals surface area (Å²) in [6, 6.07) is 20.5. The molecule has 4 aromatic rings. The van der Waals surface area contributed by atoms with Gasteiger partial charge in [-0.3, -0.25) is 19.3 Å². The molecule has 1 heterocycles. The summed E-state index contributed by atoms with van der Waals surface area (Å²) in [6.45, 7) is 3.59. The molecular formula is C31H33N5O4. The molecule has 1 aliphatic carbocycles. The van der Waals surface area contributed by atoms with E-state index in [2.05, 4.69) is 15.6 Å². The fraction of sp³-hybridized carbons (Fsp3) is 0.323. The van der Waals surface area contributed by atoms with Crippen LogP contribution in [0.2, 0.25) is 0 Å². The molecule has 1 fully saturated rings. The highest BCUT2D eigenvalue weighted by Gasteiger charge is 2.36. The van der Waals surface area contributed by atoms with Gasteiger partial charge in [-0.05, 0) is 57.0 Å². The van der Waals surface area contributed by atoms with Crippen molar-refractivity contribution in [3.05, 3.63) is 83.9 Å². The van der Waals surface area contributed by atoms with E-state index in [1.54, 1.807) is 30.3 Å². The van der Waals surface area contributed by atoms with Crippen molar-refractivity contribution in [2.45, 2.75) is 58.2 Å². The standard InChI is InChI=1S/C31H33N5O4/c1-3-40-28-18-9-6-15-25(28)30(31(39)32-23-12-4-5-13-23)36(24-14-10-11-22(19-24)21(2)37)29(38)20-35-27-17-8-7-16-26(27)33-34-35/h6-11,14-19,23,30H,3-5,12-13,20H2,1-2H3,(H,32,39)/t30-/m1/s1. The van der Waals surface area contributed by atoms with Gasteiger partial charge in [0.2, 0.25) is 11.8 Å². The highest BCUT2D eigenvalue weighted by Crippen LogP contribution is 2.35. The minimum atomic E-state index is -1.05. The second kappa shape index (κ2) is 12.1. The third-order valence-electron chi connectivity index (χ3n) is 7.23. The van der Waals surface area contributed by atoms with E-state index in [-0.39, 0.29) is 30.2 Å². The van der Waals surface area contributed by atoms with Crippen LogP contribution in [0.3, 0.4) is 0 Å². The molecule has 0 bridgehead atoms. The van der Waals surface area contributed by atoms with Crippen LogP contribution in [0.25, 0.3) is 11.0 Å². The molecule has 206 valence electrons. The van der Waals surface area contributed by atoms with E-state index < -0.39 is 6.04 Å². The van der Waals surface area contributed by atoms with Crippen molar-refractivity contribution in [1.29, 1.82) is 0 Å². The maximum atomic E-state index is 14.3. The monoisotopic (exact) mass is 539 g/mol. The molecule has 1 aliphatic rings. The molecule has 40 heavy (non-hydrogen) atoms. The lowest BCUT2D eigenvalue weighted by Crippen LogP contribution is -2.47. The van der Waals surface area contributed by atoms with Crippen molar-refractivity contribution >= 4 is 34.3 Å². The second-order valence-electron chi connectivity index (χ2n) is 9.97. The normalized spacial score (nSPS) is 14.2. The topological polar surface area (TPSA) is 106 Å². The Morgan fingerprint density at radius 3 is 2.55 bits per heavy atom. The lowest BCUT2D eigenvalue weighted by atomic mass is 10.00. The van der Waals surface area contributed by atoms with Crippen LogP contribution in [0.15, 0.2) is 72.8 Å². The lowest BCUT2D eigenvalue weighted by molar-refractivity contribution is -0.127. The van der Waals surface area contributed by atoms with Gasteiger partial charge in [-0.2, -0.15) is 0 Å². The number of aromatic nitrogens is 3. The number of fused-ring (bicyclic) bond motifs is 1. The highest BCUT2D eigenvalue weighted by molar-refractivity contribution is 6.03. The van der Waals surface area contributed by atoms with Crippen LogP contribution in [0.5, 0.6) is 5.75 Å². The van der Waals surface area contributed by atoms with Crippen LogP contribution in [0.1, 0.15) is 61.5 Å². The van der Waals surface area contributed by atoms with Crippen LogP contribution < -0.4 is 15.0 Å². The van der Waals surface area contributed by atoms with Crippen LogP contribution >= 0.6 is 0 Å². The highest BCUT2D eigenvalue weighted by atomic mass is 16.5. The molecule has 9 nitrogen and oxygen atoms in total. The van der Waals surface area contributed by atoms with Gasteiger partial charge >= 0.3 is 0 Å². The fourth-order valence-electron chi connectivity index (χ4n) is 5.29. The van der Waals surface area contributed by atoms with Gasteiger partial charge in [-0.1, -0.05) is 60.5 Å². The SMILES string of the molecule is CCOc1ccccc1[C@H](C(=O)NC1CCCC1)N(C(=O)Cn1nnc2ccccc21)c1cccc(C(C)=O)c1. The molecule has 1 atom stereocenters. The number of nitrogens with zero attached hydrogens (tertiary/aromatic N) is 4. The van der Waals surface area contributed by atoms with E-state index in [0.29, 0.717) is 40.2 Å². The van der Waals surface area contributed by atoms with E-state index in [1.165, 1.54) is 16.5 Å². The lowest BCUT2D eigenvalue weighted by Gasteiger charge is -2.33. The first-order valence-corrected chi connectivity index (χ1v) is 13.7. The largest absolute Gasteiger partial charge is 0.493 e. The number of hydrogen-bond acceptors (Lipinski definition) is 6. The Balaban J connectivity index is 1.64. The summed E-state index contributed by atoms with van der Waals surface area (Å²) in [7, 11) is 0. The Bertz CT molecular complexity index is 1520. The zero-order valence-electron chi connectivity index (χ0n) is 22.7. The number of Topliss-reactive ketones (excluding diaryl/α,β-unsaturated/α-hetero) is 1. The molecule has 0 unspecified atom stereocenters. The Hall–Kier alpha value is -4.53. The van der Waals surface area contributed by atoms with Crippen molar-refractivity contribution in [3.63, 3.8) is 0 Å². The van der Waals surface area contributed by atoms with E-state index in [9.17, 15) is 14.4 Å². The summed E-state index contributed by atoms with van der Waals surface area (Å²) in [4.78, 5) is 42.2. The number of amides is 2. The van der Waals surface area contributed by atoms with Crippen LogP contribution in [0.4, 0.5) is 5.69 Å². The summed E-state index contributed by atoms with van der Waals surface area (Å²) in [5.74, 6) is -0.306. The smallest absolute Gasteiger partial charge is 0.249 e. The summed E-state index contributed by atoms with van der Waals surface area (Å²) in [6.07, 6.45) is 3.89. The maximum Gasteiger partial charge on any atom is 0.249 e. The summed E-state index contributed by atoms with van der Waals surface area (Å²) in [5.41, 5.74) is 2.80. The summed E-state index contributed by atoms with van der Waals surface area (Å²) in [5, 5.41) is 11.6. The Labute approximate surface area is 233 Å². The molecule has 1 N–H and O–H groups in total. The maximum absolute atomic E-state index is 14.3. The molecule has 9 heteroatoms. The van der Waals surface area contributed by atoms with Gasteiger partial charge in [-0.15, -0.1) is 5.10 Å². The van der Waals surface area contributed by atoms with Crippen LogP contribution in [-0.2, 0) is 16.1 Å². The van der Waals surface area contributed by atoms with Gasteiger partial charge in [-0.25, -0.2) is 4.68 Å². The first-order valence-electron chi connectivity index (χ1n) is 13.7. The third kappa shape index (κ3) is 5.73. The van der Waals surface area contributed by atoms with E-state index in [1.807, 2.05) is 49.4 Å². The number of ketones is 1. The number of benzene rings is 3. The van der Waals surface area contributed by atoms with Gasteiger partial charge in [0.1, 0.15) is 23.9 Å². The van der Waals surface area contributed by atoms with Crippen LogP contribution in [-0.4, -0.2) is 45.2 Å². The van der Waals surface area contributed by atoms with Gasteiger partial charge in [0.05, 0.1) is 12.1 Å². The zero-order valence-corrected chi connectivity index (χ0v) is 22.7. The minimum absolute atomic E-state index is 0.0361. The first kappa shape index (κ1) is 27.1. The number of hydrogen-bond donors (Lipinski definition) is 1. The molecule has 2 amide bonds. The molecule has 1 saturated carbocycles. The van der Waals surface area contributed by atoms with Crippen molar-refractivity contribution in [2.75, 3.05) is 11.5 Å². The number of rotatable bonds is 10. The van der Waals surface area contributed by atoms with E-state index >= 15 is 0 Å². The average molecular weight is 540 g/mol. The van der Waals surface area contributed by atoms with Gasteiger partial charge in [0, 0.05) is 22.9 Å². The molecule has 1 aromatic heterocycles. The van der Waals surface area contributed by atoms with Crippen molar-refractivity contribution in [2.24, 2.45) is 0 Å². The third-order valence-corrected chi connectivity index (χ3v) is 7.23. The Kier molecular flexibility index (Phi) is 8.19. The summed E-state index contributed by atoms with van der Waals surface area (Å²) < 4.78 is 7.46. The Morgan fingerprint density at radius 1 is 1.02 bits per heavy atom. The quantitative estimate of drug-likeness (QED) is 0.288. The molecule has 0 aliphatic heterocycles. The minimum Gasteiger partial charge on any atom is -0.493 e. The second-order valence-corrected chi connectivity index (χ2v) is 9.97. The fourth-order valence-corrected chi connectivity index (χ4v) is 5.29. The van der Waals surface area contributed by atoms with Gasteiger partial charge in [0.25, 0.3) is 0 Å². The molecule has 0 radical (unpaired) electrons. The molecule has 0 saturated heterocycles. The average Bonchev–Trinajstić information content (AvgIpc) is 3.62. The van der Waals surface area contributed by atoms with E-state index in [4.69, 9.17) is 4.74 Å². The summed E-state index contributed by atoms with van der Waals surface area (Å²) >= 11 is 0. The van der Waals surface area contributed by atoms with Crippen molar-refractivity contribution in [1.82, 2.24) is 20.3 Å².